The molecule has 1 aliphatic carbocycles. The first-order chi connectivity index (χ1) is 9.65. The fourth-order valence-electron chi connectivity index (χ4n) is 3.23. The van der Waals surface area contributed by atoms with E-state index in [-0.39, 0.29) is 0 Å². The van der Waals surface area contributed by atoms with Crippen molar-refractivity contribution in [3.63, 3.8) is 0 Å². The third kappa shape index (κ3) is 2.43. The molecule has 0 radical (unpaired) electrons. The molecule has 0 heteroatoms. The second-order valence-corrected chi connectivity index (χ2v) is 6.27. The lowest BCUT2D eigenvalue weighted by Crippen LogP contribution is -1.92. The van der Waals surface area contributed by atoms with Gasteiger partial charge in [-0.15, -0.1) is 0 Å². The van der Waals surface area contributed by atoms with Gasteiger partial charge in [0, 0.05) is 0 Å². The molecule has 0 N–H and O–H groups in total. The Hall–Kier alpha value is -1.82. The van der Waals surface area contributed by atoms with Crippen LogP contribution >= 0.6 is 0 Å². The Bertz CT molecular complexity index is 645. The highest BCUT2D eigenvalue weighted by atomic mass is 14.2. The van der Waals surface area contributed by atoms with Gasteiger partial charge in [-0.05, 0) is 53.5 Å². The quantitative estimate of drug-likeness (QED) is 0.670. The zero-order valence-corrected chi connectivity index (χ0v) is 12.6. The average molecular weight is 262 g/mol. The minimum absolute atomic E-state index is 0.733. The normalized spacial score (nSPS) is 13.5. The third-order valence-corrected chi connectivity index (χ3v) is 4.04. The molecule has 0 spiro atoms. The Balaban J connectivity index is 2.09. The lowest BCUT2D eigenvalue weighted by atomic mass is 9.93. The van der Waals surface area contributed by atoms with E-state index in [1.165, 1.54) is 34.2 Å². The van der Waals surface area contributed by atoms with Gasteiger partial charge >= 0.3 is 0 Å². The van der Waals surface area contributed by atoms with Gasteiger partial charge in [-0.1, -0.05) is 68.0 Å². The van der Waals surface area contributed by atoms with E-state index < -0.39 is 0 Å². The minimum Gasteiger partial charge on any atom is -0.0649 e. The molecule has 0 nitrogen and oxygen atoms in total. The molecule has 0 amide bonds. The van der Waals surface area contributed by atoms with Crippen molar-refractivity contribution in [1.29, 1.82) is 0 Å². The summed E-state index contributed by atoms with van der Waals surface area (Å²) in [7, 11) is 0. The first-order valence-electron chi connectivity index (χ1n) is 7.52. The summed E-state index contributed by atoms with van der Waals surface area (Å²) in [6, 6.07) is 15.4. The molecule has 0 saturated heterocycles. The molecule has 20 heavy (non-hydrogen) atoms. The van der Waals surface area contributed by atoms with Gasteiger partial charge in [-0.2, -0.15) is 0 Å². The van der Waals surface area contributed by atoms with Gasteiger partial charge in [0.15, 0.2) is 0 Å². The zero-order valence-electron chi connectivity index (χ0n) is 12.6. The summed E-state index contributed by atoms with van der Waals surface area (Å²) in [6.07, 6.45) is 4.78. The number of fused-ring (bicyclic) bond motifs is 1. The van der Waals surface area contributed by atoms with Crippen LogP contribution in [0.15, 0.2) is 48.0 Å². The maximum atomic E-state index is 2.44. The monoisotopic (exact) mass is 262 g/mol. The van der Waals surface area contributed by atoms with Crippen LogP contribution in [0.25, 0.3) is 17.2 Å². The van der Waals surface area contributed by atoms with E-state index in [9.17, 15) is 0 Å². The Morgan fingerprint density at radius 2 is 1.75 bits per heavy atom. The van der Waals surface area contributed by atoms with E-state index in [4.69, 9.17) is 0 Å². The molecule has 0 fully saturated rings. The highest BCUT2D eigenvalue weighted by Crippen LogP contribution is 2.37. The van der Waals surface area contributed by atoms with Gasteiger partial charge in [0.1, 0.15) is 0 Å². The van der Waals surface area contributed by atoms with Crippen LogP contribution in [-0.4, -0.2) is 0 Å². The van der Waals surface area contributed by atoms with Crippen molar-refractivity contribution in [2.75, 3.05) is 0 Å². The van der Waals surface area contributed by atoms with E-state index in [1.807, 2.05) is 0 Å². The number of benzene rings is 2. The van der Waals surface area contributed by atoms with Crippen molar-refractivity contribution >= 4 is 6.08 Å². The second-order valence-electron chi connectivity index (χ2n) is 6.27. The molecule has 0 unspecified atom stereocenters. The molecular weight excluding hydrogens is 240 g/mol. The fourth-order valence-corrected chi connectivity index (χ4v) is 3.23. The van der Waals surface area contributed by atoms with E-state index >= 15 is 0 Å². The van der Waals surface area contributed by atoms with Gasteiger partial charge in [-0.3, -0.25) is 0 Å². The van der Waals surface area contributed by atoms with Crippen molar-refractivity contribution in [3.05, 3.63) is 64.7 Å². The smallest absolute Gasteiger partial charge is 0.00575 e. The van der Waals surface area contributed by atoms with Gasteiger partial charge in [-0.25, -0.2) is 0 Å². The summed E-state index contributed by atoms with van der Waals surface area (Å²) >= 11 is 0. The van der Waals surface area contributed by atoms with Crippen LogP contribution in [0.5, 0.6) is 0 Å². The molecule has 0 atom stereocenters. The van der Waals surface area contributed by atoms with Gasteiger partial charge in [0.25, 0.3) is 0 Å². The summed E-state index contributed by atoms with van der Waals surface area (Å²) in [4.78, 5) is 0. The Kier molecular flexibility index (Phi) is 3.48. The van der Waals surface area contributed by atoms with Crippen molar-refractivity contribution in [1.82, 2.24) is 0 Å². The molecule has 0 heterocycles. The standard InChI is InChI=1S/C20H22/c1-14(2)11-16-12-18-10-9-15(3)20(19(18)13-16)17-7-5-4-6-8-17/h4-10,13-14H,11-12H2,1-3H3. The van der Waals surface area contributed by atoms with Crippen LogP contribution in [0, 0.1) is 12.8 Å². The molecular formula is C20H22. The predicted octanol–water partition coefficient (Wildman–Crippen LogP) is 5.65. The van der Waals surface area contributed by atoms with Crippen LogP contribution < -0.4 is 0 Å². The average Bonchev–Trinajstić information content (AvgIpc) is 2.81. The summed E-state index contributed by atoms with van der Waals surface area (Å²) in [6.45, 7) is 6.82. The lowest BCUT2D eigenvalue weighted by molar-refractivity contribution is 0.638. The first-order valence-corrected chi connectivity index (χ1v) is 7.52. The number of allylic oxidation sites excluding steroid dienone is 1. The minimum atomic E-state index is 0.733. The van der Waals surface area contributed by atoms with Crippen LogP contribution in [0.4, 0.5) is 0 Å². The molecule has 2 aromatic rings. The highest BCUT2D eigenvalue weighted by Gasteiger charge is 2.18. The molecule has 102 valence electrons. The molecule has 0 bridgehead atoms. The SMILES string of the molecule is Cc1ccc2c(c1-c1ccccc1)C=C(CC(C)C)C2. The Morgan fingerprint density at radius 1 is 1.00 bits per heavy atom. The summed E-state index contributed by atoms with van der Waals surface area (Å²) in [5.41, 5.74) is 8.65. The topological polar surface area (TPSA) is 0 Å². The highest BCUT2D eigenvalue weighted by molar-refractivity contribution is 5.82. The van der Waals surface area contributed by atoms with Crippen molar-refractivity contribution in [2.24, 2.45) is 5.92 Å². The number of rotatable bonds is 3. The number of hydrogen-bond acceptors (Lipinski definition) is 0. The molecule has 0 saturated carbocycles. The van der Waals surface area contributed by atoms with Gasteiger partial charge in [0.05, 0.1) is 0 Å². The second kappa shape index (κ2) is 5.28. The third-order valence-electron chi connectivity index (χ3n) is 4.04. The molecule has 3 rings (SSSR count). The largest absolute Gasteiger partial charge is 0.0649 e. The van der Waals surface area contributed by atoms with Gasteiger partial charge in [0.2, 0.25) is 0 Å². The first kappa shape index (κ1) is 13.2. The number of hydrogen-bond donors (Lipinski definition) is 0. The maximum absolute atomic E-state index is 2.44. The van der Waals surface area contributed by atoms with Crippen LogP contribution in [-0.2, 0) is 6.42 Å². The fraction of sp³-hybridized carbons (Fsp3) is 0.300. The van der Waals surface area contributed by atoms with Crippen molar-refractivity contribution in [2.45, 2.75) is 33.6 Å². The van der Waals surface area contributed by atoms with E-state index in [1.54, 1.807) is 5.57 Å². The van der Waals surface area contributed by atoms with E-state index in [2.05, 4.69) is 69.3 Å². The van der Waals surface area contributed by atoms with Crippen LogP contribution in [0.1, 0.15) is 37.0 Å². The Labute approximate surface area is 122 Å². The van der Waals surface area contributed by atoms with Gasteiger partial charge < -0.3 is 0 Å². The predicted molar refractivity (Wildman–Crippen MR) is 87.8 cm³/mol. The lowest BCUT2D eigenvalue weighted by Gasteiger charge is -2.11. The molecule has 2 aromatic carbocycles. The van der Waals surface area contributed by atoms with E-state index in [0.29, 0.717) is 0 Å². The summed E-state index contributed by atoms with van der Waals surface area (Å²) in [5.74, 6) is 0.733. The summed E-state index contributed by atoms with van der Waals surface area (Å²) in [5, 5.41) is 0. The van der Waals surface area contributed by atoms with Crippen LogP contribution in [0.2, 0.25) is 0 Å². The molecule has 1 aliphatic rings. The van der Waals surface area contributed by atoms with Crippen LogP contribution in [0.3, 0.4) is 0 Å². The van der Waals surface area contributed by atoms with Crippen molar-refractivity contribution < 1.29 is 0 Å². The molecule has 0 aromatic heterocycles. The maximum Gasteiger partial charge on any atom is -0.00575 e. The molecule has 0 aliphatic heterocycles. The zero-order chi connectivity index (χ0) is 14.1. The summed E-state index contributed by atoms with van der Waals surface area (Å²) < 4.78 is 0. The number of aryl methyl sites for hydroxylation is 1. The van der Waals surface area contributed by atoms with Crippen molar-refractivity contribution in [3.8, 4) is 11.1 Å². The van der Waals surface area contributed by atoms with E-state index in [0.717, 1.165) is 12.3 Å². The Morgan fingerprint density at radius 3 is 2.45 bits per heavy atom.